The van der Waals surface area contributed by atoms with Crippen molar-refractivity contribution in [2.45, 2.75) is 44.9 Å². The molecule has 0 radical (unpaired) electrons. The SMILES string of the molecule is CC(=O)N1CCC(Nc2cc(C(=O)NC[C@H](O)CN3CCc4nc(N)sc4C3)ccn2)CC1. The maximum Gasteiger partial charge on any atom is 0.251 e. The molecule has 11 heteroatoms. The normalized spacial score (nSPS) is 17.9. The summed E-state index contributed by atoms with van der Waals surface area (Å²) < 4.78 is 0. The van der Waals surface area contributed by atoms with E-state index in [9.17, 15) is 14.7 Å². The molecule has 0 spiro atoms. The van der Waals surface area contributed by atoms with E-state index < -0.39 is 6.10 Å². The summed E-state index contributed by atoms with van der Waals surface area (Å²) >= 11 is 1.50. The standard InChI is InChI=1S/C22H31N7O3S/c1-14(30)29-8-3-16(4-9-29)26-20-10-15(2-6-24-20)21(32)25-11-17(31)12-28-7-5-18-19(13-28)33-22(23)27-18/h2,6,10,16-17,31H,3-5,7-9,11-13H2,1H3,(H2,23,27)(H,24,26)(H,25,32)/t17-/m0/s1. The second-order valence-corrected chi connectivity index (χ2v) is 9.74. The van der Waals surface area contributed by atoms with E-state index in [0.717, 1.165) is 56.0 Å². The van der Waals surface area contributed by atoms with Gasteiger partial charge in [0, 0.05) is 75.3 Å². The molecule has 5 N–H and O–H groups in total. The number of amides is 2. The minimum atomic E-state index is -0.674. The lowest BCUT2D eigenvalue weighted by Gasteiger charge is -2.32. The van der Waals surface area contributed by atoms with Crippen LogP contribution in [0.2, 0.25) is 0 Å². The van der Waals surface area contributed by atoms with Crippen molar-refractivity contribution in [2.75, 3.05) is 43.8 Å². The number of carbonyl (C=O) groups is 2. The number of thiazole rings is 1. The Balaban J connectivity index is 1.23. The number of hydrogen-bond donors (Lipinski definition) is 4. The lowest BCUT2D eigenvalue weighted by Crippen LogP contribution is -2.42. The number of anilines is 2. The molecule has 0 bridgehead atoms. The van der Waals surface area contributed by atoms with E-state index in [2.05, 4.69) is 25.5 Å². The summed E-state index contributed by atoms with van der Waals surface area (Å²) in [5, 5.41) is 17.2. The number of fused-ring (bicyclic) bond motifs is 1. The van der Waals surface area contributed by atoms with Crippen LogP contribution in [0.4, 0.5) is 10.9 Å². The highest BCUT2D eigenvalue weighted by atomic mass is 32.1. The highest BCUT2D eigenvalue weighted by Crippen LogP contribution is 2.26. The van der Waals surface area contributed by atoms with Gasteiger partial charge < -0.3 is 26.4 Å². The van der Waals surface area contributed by atoms with Crippen molar-refractivity contribution < 1.29 is 14.7 Å². The monoisotopic (exact) mass is 473 g/mol. The van der Waals surface area contributed by atoms with Gasteiger partial charge in [0.15, 0.2) is 5.13 Å². The van der Waals surface area contributed by atoms with E-state index in [1.807, 2.05) is 4.90 Å². The van der Waals surface area contributed by atoms with Gasteiger partial charge in [0.25, 0.3) is 5.91 Å². The lowest BCUT2D eigenvalue weighted by atomic mass is 10.0. The fourth-order valence-corrected chi connectivity index (χ4v) is 5.22. The molecule has 0 aliphatic carbocycles. The Morgan fingerprint density at radius 1 is 1.33 bits per heavy atom. The van der Waals surface area contributed by atoms with Gasteiger partial charge in [-0.15, -0.1) is 11.3 Å². The van der Waals surface area contributed by atoms with Crippen molar-refractivity contribution in [1.29, 1.82) is 0 Å². The van der Waals surface area contributed by atoms with E-state index in [1.54, 1.807) is 25.3 Å². The number of β-amino-alcohol motifs (C(OH)–C–C–N with tert-alkyl or cyclic N) is 1. The van der Waals surface area contributed by atoms with Crippen molar-refractivity contribution >= 4 is 34.1 Å². The van der Waals surface area contributed by atoms with Gasteiger partial charge in [-0.05, 0) is 25.0 Å². The minimum Gasteiger partial charge on any atom is -0.390 e. The topological polar surface area (TPSA) is 137 Å². The average Bonchev–Trinajstić information content (AvgIpc) is 3.17. The third-order valence-corrected chi connectivity index (χ3v) is 7.02. The van der Waals surface area contributed by atoms with Gasteiger partial charge in [-0.1, -0.05) is 0 Å². The highest BCUT2D eigenvalue weighted by Gasteiger charge is 2.23. The van der Waals surface area contributed by atoms with Gasteiger partial charge in [-0.2, -0.15) is 0 Å². The summed E-state index contributed by atoms with van der Waals surface area (Å²) in [6.07, 6.45) is 3.44. The second-order valence-electron chi connectivity index (χ2n) is 8.63. The molecule has 1 atom stereocenters. The number of nitrogens with one attached hydrogen (secondary N) is 2. The first kappa shape index (κ1) is 23.4. The first-order valence-corrected chi connectivity index (χ1v) is 12.1. The van der Waals surface area contributed by atoms with E-state index >= 15 is 0 Å². The molecule has 2 aromatic heterocycles. The number of likely N-dealkylation sites (tertiary alicyclic amines) is 1. The van der Waals surface area contributed by atoms with Gasteiger partial charge in [0.2, 0.25) is 5.91 Å². The van der Waals surface area contributed by atoms with Crippen molar-refractivity contribution in [3.05, 3.63) is 34.5 Å². The van der Waals surface area contributed by atoms with Crippen LogP contribution in [-0.2, 0) is 17.8 Å². The number of hydrogen-bond acceptors (Lipinski definition) is 9. The summed E-state index contributed by atoms with van der Waals surface area (Å²) in [5.74, 6) is 0.491. The first-order valence-electron chi connectivity index (χ1n) is 11.3. The highest BCUT2D eigenvalue weighted by molar-refractivity contribution is 7.15. The summed E-state index contributed by atoms with van der Waals surface area (Å²) in [7, 11) is 0. The van der Waals surface area contributed by atoms with Crippen LogP contribution >= 0.6 is 11.3 Å². The number of nitrogens with two attached hydrogens (primary N) is 1. The number of piperidine rings is 1. The van der Waals surface area contributed by atoms with Gasteiger partial charge in [0.1, 0.15) is 5.82 Å². The molecule has 0 saturated carbocycles. The molecule has 4 heterocycles. The first-order chi connectivity index (χ1) is 15.9. The summed E-state index contributed by atoms with van der Waals surface area (Å²) in [6.45, 7) is 5.21. The Morgan fingerprint density at radius 3 is 2.88 bits per heavy atom. The average molecular weight is 474 g/mol. The molecule has 2 aliphatic heterocycles. The number of aliphatic hydroxyl groups excluding tert-OH is 1. The fraction of sp³-hybridized carbons (Fsp3) is 0.545. The van der Waals surface area contributed by atoms with Crippen LogP contribution in [-0.4, -0.2) is 81.6 Å². The number of nitrogen functional groups attached to an aromatic ring is 1. The number of nitrogens with zero attached hydrogens (tertiary/aromatic N) is 4. The van der Waals surface area contributed by atoms with Crippen LogP contribution in [0.25, 0.3) is 0 Å². The van der Waals surface area contributed by atoms with E-state index in [1.165, 1.54) is 11.3 Å². The minimum absolute atomic E-state index is 0.102. The number of aliphatic hydroxyl groups is 1. The van der Waals surface area contributed by atoms with Crippen LogP contribution in [0, 0.1) is 0 Å². The molecular formula is C22H31N7O3S. The molecule has 2 aliphatic rings. The maximum atomic E-state index is 12.6. The molecule has 0 aromatic carbocycles. The van der Waals surface area contributed by atoms with E-state index in [4.69, 9.17) is 5.73 Å². The predicted octanol–water partition coefficient (Wildman–Crippen LogP) is 0.692. The summed E-state index contributed by atoms with van der Waals surface area (Å²) in [5.41, 5.74) is 7.34. The van der Waals surface area contributed by atoms with Gasteiger partial charge >= 0.3 is 0 Å². The van der Waals surface area contributed by atoms with Crippen LogP contribution in [0.5, 0.6) is 0 Å². The maximum absolute atomic E-state index is 12.6. The smallest absolute Gasteiger partial charge is 0.251 e. The molecule has 1 saturated heterocycles. The Hall–Kier alpha value is -2.76. The Morgan fingerprint density at radius 2 is 2.12 bits per heavy atom. The number of carbonyl (C=O) groups excluding carboxylic acids is 2. The molecule has 2 amide bonds. The van der Waals surface area contributed by atoms with Crippen molar-refractivity contribution in [1.82, 2.24) is 25.1 Å². The van der Waals surface area contributed by atoms with Crippen molar-refractivity contribution in [3.8, 4) is 0 Å². The van der Waals surface area contributed by atoms with Gasteiger partial charge in [0.05, 0.1) is 11.8 Å². The van der Waals surface area contributed by atoms with Gasteiger partial charge in [-0.25, -0.2) is 9.97 Å². The third kappa shape index (κ3) is 6.18. The predicted molar refractivity (Wildman–Crippen MR) is 127 cm³/mol. The van der Waals surface area contributed by atoms with Crippen molar-refractivity contribution in [2.24, 2.45) is 0 Å². The van der Waals surface area contributed by atoms with Gasteiger partial charge in [-0.3, -0.25) is 14.5 Å². The Bertz CT molecular complexity index is 990. The zero-order chi connectivity index (χ0) is 23.4. The Labute approximate surface area is 197 Å². The van der Waals surface area contributed by atoms with E-state index in [0.29, 0.717) is 23.1 Å². The largest absolute Gasteiger partial charge is 0.390 e. The van der Waals surface area contributed by atoms with Crippen molar-refractivity contribution in [3.63, 3.8) is 0 Å². The molecule has 10 nitrogen and oxygen atoms in total. The molecular weight excluding hydrogens is 442 g/mol. The Kier molecular flexibility index (Phi) is 7.41. The molecule has 4 rings (SSSR count). The summed E-state index contributed by atoms with van der Waals surface area (Å²) in [4.78, 5) is 37.9. The number of pyridine rings is 1. The van der Waals surface area contributed by atoms with E-state index in [-0.39, 0.29) is 24.4 Å². The quantitative estimate of drug-likeness (QED) is 0.461. The lowest BCUT2D eigenvalue weighted by molar-refractivity contribution is -0.129. The van der Waals surface area contributed by atoms with Crippen LogP contribution < -0.4 is 16.4 Å². The zero-order valence-corrected chi connectivity index (χ0v) is 19.6. The molecule has 33 heavy (non-hydrogen) atoms. The molecule has 178 valence electrons. The zero-order valence-electron chi connectivity index (χ0n) is 18.8. The van der Waals surface area contributed by atoms with Crippen LogP contribution in [0.1, 0.15) is 40.7 Å². The van der Waals surface area contributed by atoms with Crippen LogP contribution in [0.15, 0.2) is 18.3 Å². The second kappa shape index (κ2) is 10.4. The molecule has 2 aromatic rings. The number of aromatic nitrogens is 2. The summed E-state index contributed by atoms with van der Waals surface area (Å²) in [6, 6.07) is 3.59. The number of rotatable bonds is 7. The fourth-order valence-electron chi connectivity index (χ4n) is 4.30. The molecule has 0 unspecified atom stereocenters. The molecule has 1 fully saturated rings. The van der Waals surface area contributed by atoms with Crippen LogP contribution in [0.3, 0.4) is 0 Å². The third-order valence-electron chi connectivity index (χ3n) is 6.11.